The zero-order chi connectivity index (χ0) is 6.91. The average molecular weight is 248 g/mol. The SMILES string of the molecule is FC1(F)COCC(I)C1. The molecule has 4 heteroatoms. The van der Waals surface area contributed by atoms with E-state index in [1.54, 1.807) is 0 Å². The van der Waals surface area contributed by atoms with E-state index >= 15 is 0 Å². The van der Waals surface area contributed by atoms with Crippen molar-refractivity contribution in [3.8, 4) is 0 Å². The van der Waals surface area contributed by atoms with Gasteiger partial charge < -0.3 is 4.74 Å². The van der Waals surface area contributed by atoms with Crippen LogP contribution in [0.2, 0.25) is 0 Å². The normalized spacial score (nSPS) is 34.3. The molecule has 1 fully saturated rings. The van der Waals surface area contributed by atoms with E-state index in [4.69, 9.17) is 0 Å². The summed E-state index contributed by atoms with van der Waals surface area (Å²) in [6.45, 7) is 0.0721. The molecule has 1 nitrogen and oxygen atoms in total. The number of hydrogen-bond acceptors (Lipinski definition) is 1. The lowest BCUT2D eigenvalue weighted by Crippen LogP contribution is -2.35. The summed E-state index contributed by atoms with van der Waals surface area (Å²) < 4.78 is 29.3. The molecule has 0 N–H and O–H groups in total. The molecule has 1 rings (SSSR count). The highest BCUT2D eigenvalue weighted by Crippen LogP contribution is 2.28. The predicted octanol–water partition coefficient (Wildman–Crippen LogP) is 1.85. The van der Waals surface area contributed by atoms with Crippen molar-refractivity contribution in [2.75, 3.05) is 13.2 Å². The van der Waals surface area contributed by atoms with Crippen LogP contribution in [0.5, 0.6) is 0 Å². The van der Waals surface area contributed by atoms with Crippen LogP contribution in [0.3, 0.4) is 0 Å². The van der Waals surface area contributed by atoms with E-state index in [-0.39, 0.29) is 10.3 Å². The van der Waals surface area contributed by atoms with Gasteiger partial charge in [-0.05, 0) is 0 Å². The van der Waals surface area contributed by atoms with Crippen LogP contribution in [0.25, 0.3) is 0 Å². The molecule has 0 bridgehead atoms. The molecule has 1 aliphatic rings. The highest BCUT2D eigenvalue weighted by molar-refractivity contribution is 14.1. The largest absolute Gasteiger partial charge is 0.374 e. The Balaban J connectivity index is 2.41. The van der Waals surface area contributed by atoms with E-state index in [0.29, 0.717) is 6.61 Å². The smallest absolute Gasteiger partial charge is 0.272 e. The van der Waals surface area contributed by atoms with Gasteiger partial charge in [0.1, 0.15) is 6.61 Å². The maximum Gasteiger partial charge on any atom is 0.272 e. The van der Waals surface area contributed by atoms with Gasteiger partial charge in [0.05, 0.1) is 6.61 Å². The quantitative estimate of drug-likeness (QED) is 0.469. The van der Waals surface area contributed by atoms with Crippen molar-refractivity contribution in [2.24, 2.45) is 0 Å². The summed E-state index contributed by atoms with van der Waals surface area (Å²) in [6, 6.07) is 0. The number of halogens is 3. The Bertz CT molecular complexity index is 107. The average Bonchev–Trinajstić information content (AvgIpc) is 1.60. The minimum absolute atomic E-state index is 0.0219. The van der Waals surface area contributed by atoms with Gasteiger partial charge >= 0.3 is 0 Å². The molecule has 0 aromatic rings. The second-order valence-corrected chi connectivity index (χ2v) is 3.93. The first-order valence-electron chi connectivity index (χ1n) is 2.70. The Morgan fingerprint density at radius 1 is 1.56 bits per heavy atom. The second-order valence-electron chi connectivity index (χ2n) is 2.17. The molecule has 1 atom stereocenters. The van der Waals surface area contributed by atoms with Gasteiger partial charge in [-0.2, -0.15) is 0 Å². The molecule has 0 amide bonds. The molecule has 1 saturated heterocycles. The summed E-state index contributed by atoms with van der Waals surface area (Å²) in [5.74, 6) is -2.58. The maximum atomic E-state index is 12.3. The first-order chi connectivity index (χ1) is 4.10. The standard InChI is InChI=1S/C5H7F2IO/c6-5(7)1-4(8)2-9-3-5/h4H,1-3H2. The number of rotatable bonds is 0. The number of alkyl halides is 3. The molecule has 0 aromatic carbocycles. The minimum Gasteiger partial charge on any atom is -0.374 e. The fraction of sp³-hybridized carbons (Fsp3) is 1.00. The Morgan fingerprint density at radius 3 is 2.56 bits per heavy atom. The lowest BCUT2D eigenvalue weighted by atomic mass is 10.2. The molecular weight excluding hydrogens is 241 g/mol. The van der Waals surface area contributed by atoms with Crippen LogP contribution in [0.15, 0.2) is 0 Å². The third-order valence-electron chi connectivity index (χ3n) is 1.13. The topological polar surface area (TPSA) is 9.23 Å². The highest BCUT2D eigenvalue weighted by Gasteiger charge is 2.35. The van der Waals surface area contributed by atoms with Crippen molar-refractivity contribution in [3.63, 3.8) is 0 Å². The van der Waals surface area contributed by atoms with Crippen molar-refractivity contribution >= 4 is 22.6 Å². The van der Waals surface area contributed by atoms with Crippen LogP contribution in [0, 0.1) is 0 Å². The van der Waals surface area contributed by atoms with Crippen molar-refractivity contribution in [1.82, 2.24) is 0 Å². The summed E-state index contributed by atoms with van der Waals surface area (Å²) in [7, 11) is 0. The first kappa shape index (κ1) is 7.65. The maximum absolute atomic E-state index is 12.3. The molecule has 9 heavy (non-hydrogen) atoms. The monoisotopic (exact) mass is 248 g/mol. The zero-order valence-electron chi connectivity index (χ0n) is 4.74. The highest BCUT2D eigenvalue weighted by atomic mass is 127. The van der Waals surface area contributed by atoms with Crippen molar-refractivity contribution in [3.05, 3.63) is 0 Å². The molecule has 0 saturated carbocycles. The first-order valence-corrected chi connectivity index (χ1v) is 3.94. The van der Waals surface area contributed by atoms with Gasteiger partial charge in [0.25, 0.3) is 5.92 Å². The fourth-order valence-electron chi connectivity index (χ4n) is 0.778. The predicted molar refractivity (Wildman–Crippen MR) is 38.2 cm³/mol. The lowest BCUT2D eigenvalue weighted by Gasteiger charge is -2.25. The number of ether oxygens (including phenoxy) is 1. The summed E-state index contributed by atoms with van der Waals surface area (Å²) in [6.07, 6.45) is -0.0342. The van der Waals surface area contributed by atoms with Gasteiger partial charge in [0.15, 0.2) is 0 Å². The van der Waals surface area contributed by atoms with E-state index in [2.05, 4.69) is 4.74 Å². The molecule has 0 aliphatic carbocycles. The molecule has 0 aromatic heterocycles. The van der Waals surface area contributed by atoms with Crippen LogP contribution >= 0.6 is 22.6 Å². The van der Waals surface area contributed by atoms with Crippen molar-refractivity contribution in [1.29, 1.82) is 0 Å². The van der Waals surface area contributed by atoms with Crippen LogP contribution in [-0.2, 0) is 4.74 Å². The number of hydrogen-bond donors (Lipinski definition) is 0. The third kappa shape index (κ3) is 2.33. The third-order valence-corrected chi connectivity index (χ3v) is 1.93. The Kier molecular flexibility index (Phi) is 2.26. The van der Waals surface area contributed by atoms with Crippen LogP contribution in [0.4, 0.5) is 8.78 Å². The summed E-state index contributed by atoms with van der Waals surface area (Å²) >= 11 is 1.98. The second kappa shape index (κ2) is 2.65. The Morgan fingerprint density at radius 2 is 2.22 bits per heavy atom. The van der Waals surface area contributed by atoms with Gasteiger partial charge in [-0.1, -0.05) is 22.6 Å². The van der Waals surface area contributed by atoms with Gasteiger partial charge in [0.2, 0.25) is 0 Å². The summed E-state index contributed by atoms with van der Waals surface area (Å²) in [4.78, 5) is 0. The lowest BCUT2D eigenvalue weighted by molar-refractivity contribution is -0.109. The van der Waals surface area contributed by atoms with Crippen LogP contribution in [0.1, 0.15) is 6.42 Å². The molecular formula is C5H7F2IO. The van der Waals surface area contributed by atoms with Gasteiger partial charge in [-0.3, -0.25) is 0 Å². The Hall–Kier alpha value is 0.550. The minimum atomic E-state index is -2.58. The molecule has 1 heterocycles. The fourth-order valence-corrected chi connectivity index (χ4v) is 1.68. The van der Waals surface area contributed by atoms with E-state index in [1.807, 2.05) is 22.6 Å². The van der Waals surface area contributed by atoms with Crippen LogP contribution in [-0.4, -0.2) is 23.1 Å². The van der Waals surface area contributed by atoms with Gasteiger partial charge in [-0.25, -0.2) is 8.78 Å². The van der Waals surface area contributed by atoms with Crippen molar-refractivity contribution < 1.29 is 13.5 Å². The van der Waals surface area contributed by atoms with Gasteiger partial charge in [-0.15, -0.1) is 0 Å². The molecule has 1 aliphatic heterocycles. The van der Waals surface area contributed by atoms with E-state index < -0.39 is 12.5 Å². The van der Waals surface area contributed by atoms with Crippen molar-refractivity contribution in [2.45, 2.75) is 16.3 Å². The zero-order valence-corrected chi connectivity index (χ0v) is 6.90. The van der Waals surface area contributed by atoms with Gasteiger partial charge in [0, 0.05) is 10.3 Å². The molecule has 0 radical (unpaired) electrons. The summed E-state index contributed by atoms with van der Waals surface area (Å²) in [5.41, 5.74) is 0. The van der Waals surface area contributed by atoms with Crippen LogP contribution < -0.4 is 0 Å². The molecule has 0 spiro atoms. The Labute approximate surface area is 65.9 Å². The molecule has 1 unspecified atom stereocenters. The summed E-state index contributed by atoms with van der Waals surface area (Å²) in [5, 5.41) is 0. The molecule has 54 valence electrons. The van der Waals surface area contributed by atoms with E-state index in [0.717, 1.165) is 0 Å². The van der Waals surface area contributed by atoms with E-state index in [9.17, 15) is 8.78 Å². The van der Waals surface area contributed by atoms with E-state index in [1.165, 1.54) is 0 Å².